The van der Waals surface area contributed by atoms with Crippen LogP contribution < -0.4 is 5.73 Å². The summed E-state index contributed by atoms with van der Waals surface area (Å²) in [5.41, 5.74) is 6.86. The van der Waals surface area contributed by atoms with Crippen LogP contribution in [0.25, 0.3) is 10.4 Å². The fraction of sp³-hybridized carbons (Fsp3) is 0. The van der Waals surface area contributed by atoms with Crippen LogP contribution in [0.1, 0.15) is 0 Å². The van der Waals surface area contributed by atoms with Gasteiger partial charge >= 0.3 is 0 Å². The first-order valence-electron chi connectivity index (χ1n) is 3.74. The molecule has 0 fully saturated rings. The zero-order valence-corrected chi connectivity index (χ0v) is 9.10. The summed E-state index contributed by atoms with van der Waals surface area (Å²) in [7, 11) is 0. The lowest BCUT2D eigenvalue weighted by Gasteiger charge is -1.95. The molecule has 0 unspecified atom stereocenters. The number of hydrogen-bond acceptors (Lipinski definition) is 3. The number of nitrogens with two attached hydrogens (primary N) is 1. The third-order valence-corrected chi connectivity index (χ3v) is 3.23. The van der Waals surface area contributed by atoms with Crippen molar-refractivity contribution in [3.05, 3.63) is 34.2 Å². The number of nitrogen functional groups attached to an aromatic ring is 1. The molecule has 2 N–H and O–H groups in total. The van der Waals surface area contributed by atoms with Crippen LogP contribution in [0.2, 0.25) is 0 Å². The molecule has 66 valence electrons. The molecular formula is C9H7BrN2S. The minimum absolute atomic E-state index is 0.586. The van der Waals surface area contributed by atoms with E-state index in [0.717, 1.165) is 14.4 Å². The Bertz CT molecular complexity index is 411. The summed E-state index contributed by atoms with van der Waals surface area (Å²) in [6, 6.07) is 10.0. The van der Waals surface area contributed by atoms with Crippen molar-refractivity contribution in [2.45, 2.75) is 0 Å². The number of thiazole rings is 1. The zero-order chi connectivity index (χ0) is 9.26. The van der Waals surface area contributed by atoms with E-state index < -0.39 is 0 Å². The summed E-state index contributed by atoms with van der Waals surface area (Å²) in [6.45, 7) is 0. The van der Waals surface area contributed by atoms with E-state index >= 15 is 0 Å². The maximum absolute atomic E-state index is 5.74. The van der Waals surface area contributed by atoms with Crippen LogP contribution in [0.15, 0.2) is 34.2 Å². The molecule has 0 bridgehead atoms. The highest BCUT2D eigenvalue weighted by molar-refractivity contribution is 9.11. The van der Waals surface area contributed by atoms with Crippen molar-refractivity contribution in [3.63, 3.8) is 0 Å². The van der Waals surface area contributed by atoms with Crippen molar-refractivity contribution in [1.29, 1.82) is 0 Å². The largest absolute Gasteiger partial charge is 0.382 e. The van der Waals surface area contributed by atoms with Gasteiger partial charge in [0.1, 0.15) is 5.82 Å². The number of halogens is 1. The Morgan fingerprint density at radius 3 is 2.46 bits per heavy atom. The van der Waals surface area contributed by atoms with E-state index in [1.54, 1.807) is 11.3 Å². The lowest BCUT2D eigenvalue weighted by Crippen LogP contribution is -1.86. The molecule has 0 radical (unpaired) electrons. The van der Waals surface area contributed by atoms with Gasteiger partial charge in [0.2, 0.25) is 0 Å². The van der Waals surface area contributed by atoms with Gasteiger partial charge in [0.05, 0.1) is 4.88 Å². The molecule has 0 aliphatic rings. The van der Waals surface area contributed by atoms with Crippen LogP contribution in [0.4, 0.5) is 5.82 Å². The number of anilines is 1. The Morgan fingerprint density at radius 1 is 1.23 bits per heavy atom. The highest BCUT2D eigenvalue weighted by Crippen LogP contribution is 2.34. The zero-order valence-electron chi connectivity index (χ0n) is 6.70. The molecule has 2 aromatic rings. The third-order valence-electron chi connectivity index (χ3n) is 1.66. The van der Waals surface area contributed by atoms with Crippen molar-refractivity contribution < 1.29 is 0 Å². The lowest BCUT2D eigenvalue weighted by molar-refractivity contribution is 1.38. The highest BCUT2D eigenvalue weighted by atomic mass is 79.9. The maximum atomic E-state index is 5.74. The van der Waals surface area contributed by atoms with Crippen LogP contribution in [-0.2, 0) is 0 Å². The summed E-state index contributed by atoms with van der Waals surface area (Å²) in [4.78, 5) is 5.12. The molecule has 0 amide bonds. The predicted octanol–water partition coefficient (Wildman–Crippen LogP) is 3.15. The summed E-state index contributed by atoms with van der Waals surface area (Å²) in [5.74, 6) is 0.586. The van der Waals surface area contributed by atoms with E-state index in [1.807, 2.05) is 30.3 Å². The Balaban J connectivity index is 2.53. The Labute approximate surface area is 88.6 Å². The van der Waals surface area contributed by atoms with E-state index in [1.165, 1.54) is 0 Å². The summed E-state index contributed by atoms with van der Waals surface area (Å²) in [5, 5.41) is 0. The number of rotatable bonds is 1. The van der Waals surface area contributed by atoms with Gasteiger partial charge in [-0.1, -0.05) is 30.3 Å². The SMILES string of the molecule is Nc1nc(Br)sc1-c1ccccc1. The van der Waals surface area contributed by atoms with Gasteiger partial charge in [-0.3, -0.25) is 0 Å². The fourth-order valence-corrected chi connectivity index (χ4v) is 2.49. The Kier molecular flexibility index (Phi) is 2.33. The van der Waals surface area contributed by atoms with Crippen LogP contribution in [0.3, 0.4) is 0 Å². The Morgan fingerprint density at radius 2 is 1.92 bits per heavy atom. The third kappa shape index (κ3) is 1.73. The Hall–Kier alpha value is -0.870. The fourth-order valence-electron chi connectivity index (χ4n) is 1.10. The molecule has 0 saturated carbocycles. The number of nitrogens with zero attached hydrogens (tertiary/aromatic N) is 1. The van der Waals surface area contributed by atoms with Crippen molar-refractivity contribution in [3.8, 4) is 10.4 Å². The minimum atomic E-state index is 0.586. The van der Waals surface area contributed by atoms with Gasteiger partial charge in [-0.05, 0) is 21.5 Å². The molecule has 0 aliphatic carbocycles. The van der Waals surface area contributed by atoms with Crippen molar-refractivity contribution in [2.24, 2.45) is 0 Å². The molecule has 2 nitrogen and oxygen atoms in total. The summed E-state index contributed by atoms with van der Waals surface area (Å²) >= 11 is 4.86. The predicted molar refractivity (Wildman–Crippen MR) is 59.7 cm³/mol. The van der Waals surface area contributed by atoms with E-state index in [0.29, 0.717) is 5.82 Å². The first-order valence-corrected chi connectivity index (χ1v) is 5.35. The minimum Gasteiger partial charge on any atom is -0.382 e. The van der Waals surface area contributed by atoms with Gasteiger partial charge in [-0.2, -0.15) is 0 Å². The number of aromatic nitrogens is 1. The highest BCUT2D eigenvalue weighted by Gasteiger charge is 2.07. The first-order chi connectivity index (χ1) is 6.27. The number of hydrogen-bond donors (Lipinski definition) is 1. The van der Waals surface area contributed by atoms with Crippen molar-refractivity contribution in [1.82, 2.24) is 4.98 Å². The van der Waals surface area contributed by atoms with Crippen molar-refractivity contribution >= 4 is 33.1 Å². The summed E-state index contributed by atoms with van der Waals surface area (Å²) in [6.07, 6.45) is 0. The average molecular weight is 255 g/mol. The van der Waals surface area contributed by atoms with Gasteiger partial charge in [0, 0.05) is 0 Å². The standard InChI is InChI=1S/C9H7BrN2S/c10-9-12-8(11)7(13-9)6-4-2-1-3-5-6/h1-5H,11H2. The molecule has 0 atom stereocenters. The topological polar surface area (TPSA) is 38.9 Å². The normalized spacial score (nSPS) is 10.2. The molecule has 0 spiro atoms. The monoisotopic (exact) mass is 254 g/mol. The second kappa shape index (κ2) is 3.47. The molecule has 13 heavy (non-hydrogen) atoms. The van der Waals surface area contributed by atoms with Gasteiger partial charge in [-0.15, -0.1) is 11.3 Å². The van der Waals surface area contributed by atoms with Gasteiger partial charge in [0.25, 0.3) is 0 Å². The molecule has 0 aliphatic heterocycles. The second-order valence-corrected chi connectivity index (χ2v) is 4.82. The molecule has 4 heteroatoms. The van der Waals surface area contributed by atoms with Crippen LogP contribution in [0, 0.1) is 0 Å². The van der Waals surface area contributed by atoms with Gasteiger partial charge < -0.3 is 5.73 Å². The second-order valence-electron chi connectivity index (χ2n) is 2.55. The maximum Gasteiger partial charge on any atom is 0.162 e. The molecular weight excluding hydrogens is 248 g/mol. The number of benzene rings is 1. The van der Waals surface area contributed by atoms with Gasteiger partial charge in [0.15, 0.2) is 3.92 Å². The summed E-state index contributed by atoms with van der Waals surface area (Å²) < 4.78 is 0.823. The van der Waals surface area contributed by atoms with E-state index in [2.05, 4.69) is 20.9 Å². The quantitative estimate of drug-likeness (QED) is 0.850. The van der Waals surface area contributed by atoms with Crippen LogP contribution >= 0.6 is 27.3 Å². The molecule has 1 aromatic carbocycles. The first kappa shape index (κ1) is 8.72. The van der Waals surface area contributed by atoms with E-state index in [9.17, 15) is 0 Å². The molecule has 1 aromatic heterocycles. The lowest BCUT2D eigenvalue weighted by atomic mass is 10.2. The average Bonchev–Trinajstić information content (AvgIpc) is 2.47. The van der Waals surface area contributed by atoms with E-state index in [-0.39, 0.29) is 0 Å². The molecule has 2 rings (SSSR count). The van der Waals surface area contributed by atoms with Crippen molar-refractivity contribution in [2.75, 3.05) is 5.73 Å². The van der Waals surface area contributed by atoms with Crippen LogP contribution in [-0.4, -0.2) is 4.98 Å². The smallest absolute Gasteiger partial charge is 0.162 e. The van der Waals surface area contributed by atoms with Gasteiger partial charge in [-0.25, -0.2) is 4.98 Å². The molecule has 1 heterocycles. The van der Waals surface area contributed by atoms with Crippen LogP contribution in [0.5, 0.6) is 0 Å². The molecule has 0 saturated heterocycles. The van der Waals surface area contributed by atoms with E-state index in [4.69, 9.17) is 5.73 Å².